The van der Waals surface area contributed by atoms with Crippen molar-refractivity contribution >= 4 is 5.91 Å². The number of benzene rings is 2. The largest absolute Gasteiger partial charge is 0.478 e. The summed E-state index contributed by atoms with van der Waals surface area (Å²) < 4.78 is 23.8. The third-order valence-electron chi connectivity index (χ3n) is 3.59. The van der Waals surface area contributed by atoms with E-state index in [9.17, 15) is 9.18 Å². The van der Waals surface area contributed by atoms with E-state index >= 15 is 0 Å². The zero-order valence-electron chi connectivity index (χ0n) is 14.1. The van der Waals surface area contributed by atoms with E-state index in [0.29, 0.717) is 18.9 Å². The molecule has 2 rings (SSSR count). The van der Waals surface area contributed by atoms with Gasteiger partial charge >= 0.3 is 0 Å². The summed E-state index contributed by atoms with van der Waals surface area (Å²) in [4.78, 5) is 12.4. The summed E-state index contributed by atoms with van der Waals surface area (Å²) in [6.45, 7) is 4.22. The number of ether oxygens (including phenoxy) is 2. The molecule has 0 spiro atoms. The zero-order valence-corrected chi connectivity index (χ0v) is 14.1. The van der Waals surface area contributed by atoms with Gasteiger partial charge in [0.05, 0.1) is 6.61 Å². The van der Waals surface area contributed by atoms with Crippen LogP contribution in [0.5, 0.6) is 5.75 Å². The molecule has 0 aliphatic carbocycles. The second kappa shape index (κ2) is 7.93. The molecule has 0 radical (unpaired) electrons. The van der Waals surface area contributed by atoms with Gasteiger partial charge in [-0.3, -0.25) is 4.79 Å². The molecular weight excluding hydrogens is 309 g/mol. The SMILES string of the molecule is COCc1ccccc1CNC(=O)C(C)(C)Oc1ccc(F)cc1. The molecule has 0 saturated carbocycles. The summed E-state index contributed by atoms with van der Waals surface area (Å²) in [6, 6.07) is 13.3. The minimum atomic E-state index is -1.08. The lowest BCUT2D eigenvalue weighted by atomic mass is 10.1. The molecule has 4 nitrogen and oxygen atoms in total. The summed E-state index contributed by atoms with van der Waals surface area (Å²) in [6.07, 6.45) is 0. The molecule has 2 aromatic rings. The Labute approximate surface area is 141 Å². The fourth-order valence-electron chi connectivity index (χ4n) is 2.26. The Morgan fingerprint density at radius 1 is 1.08 bits per heavy atom. The van der Waals surface area contributed by atoms with E-state index in [2.05, 4.69) is 5.32 Å². The standard InChI is InChI=1S/C19H22FNO3/c1-19(2,24-17-10-8-16(20)9-11-17)18(22)21-12-14-6-4-5-7-15(14)13-23-3/h4-11H,12-13H2,1-3H3,(H,21,22). The molecule has 1 amide bonds. The Balaban J connectivity index is 1.99. The van der Waals surface area contributed by atoms with Crippen LogP contribution in [0.2, 0.25) is 0 Å². The van der Waals surface area contributed by atoms with E-state index in [1.807, 2.05) is 24.3 Å². The number of carbonyl (C=O) groups is 1. The highest BCUT2D eigenvalue weighted by atomic mass is 19.1. The lowest BCUT2D eigenvalue weighted by molar-refractivity contribution is -0.134. The molecule has 128 valence electrons. The van der Waals surface area contributed by atoms with Gasteiger partial charge in [-0.25, -0.2) is 4.39 Å². The van der Waals surface area contributed by atoms with Crippen molar-refractivity contribution in [2.45, 2.75) is 32.6 Å². The fraction of sp³-hybridized carbons (Fsp3) is 0.316. The summed E-state index contributed by atoms with van der Waals surface area (Å²) in [7, 11) is 1.63. The van der Waals surface area contributed by atoms with Crippen molar-refractivity contribution in [3.8, 4) is 5.75 Å². The minimum Gasteiger partial charge on any atom is -0.478 e. The number of hydrogen-bond donors (Lipinski definition) is 1. The van der Waals surface area contributed by atoms with Gasteiger partial charge in [0.15, 0.2) is 5.60 Å². The van der Waals surface area contributed by atoms with Gasteiger partial charge in [-0.2, -0.15) is 0 Å². The van der Waals surface area contributed by atoms with Crippen LogP contribution in [0, 0.1) is 5.82 Å². The normalized spacial score (nSPS) is 11.2. The molecule has 0 atom stereocenters. The Hall–Kier alpha value is -2.40. The highest BCUT2D eigenvalue weighted by Gasteiger charge is 2.29. The molecule has 0 saturated heterocycles. The minimum absolute atomic E-state index is 0.251. The van der Waals surface area contributed by atoms with Gasteiger partial charge in [-0.15, -0.1) is 0 Å². The smallest absolute Gasteiger partial charge is 0.263 e. The van der Waals surface area contributed by atoms with E-state index in [0.717, 1.165) is 11.1 Å². The molecule has 0 aromatic heterocycles. The van der Waals surface area contributed by atoms with E-state index in [1.54, 1.807) is 21.0 Å². The van der Waals surface area contributed by atoms with E-state index in [4.69, 9.17) is 9.47 Å². The number of amides is 1. The molecule has 0 bridgehead atoms. The number of methoxy groups -OCH3 is 1. The Kier molecular flexibility index (Phi) is 5.93. The third kappa shape index (κ3) is 4.80. The van der Waals surface area contributed by atoms with Crippen molar-refractivity contribution in [2.75, 3.05) is 7.11 Å². The lowest BCUT2D eigenvalue weighted by Crippen LogP contribution is -2.46. The Morgan fingerprint density at radius 2 is 1.71 bits per heavy atom. The van der Waals surface area contributed by atoms with Crippen LogP contribution >= 0.6 is 0 Å². The lowest BCUT2D eigenvalue weighted by Gasteiger charge is -2.25. The molecular formula is C19H22FNO3. The molecule has 0 aliphatic rings. The summed E-state index contributed by atoms with van der Waals surface area (Å²) in [5.41, 5.74) is 0.941. The summed E-state index contributed by atoms with van der Waals surface area (Å²) in [5.74, 6) is -0.158. The first kappa shape index (κ1) is 17.9. The number of hydrogen-bond acceptors (Lipinski definition) is 3. The van der Waals surface area contributed by atoms with Crippen LogP contribution in [0.3, 0.4) is 0 Å². The predicted molar refractivity (Wildman–Crippen MR) is 90.1 cm³/mol. The fourth-order valence-corrected chi connectivity index (χ4v) is 2.26. The quantitative estimate of drug-likeness (QED) is 0.845. The molecule has 0 unspecified atom stereocenters. The number of rotatable bonds is 7. The first-order valence-corrected chi connectivity index (χ1v) is 7.71. The van der Waals surface area contributed by atoms with Crippen LogP contribution in [-0.4, -0.2) is 18.6 Å². The number of halogens is 1. The maximum absolute atomic E-state index is 12.9. The van der Waals surface area contributed by atoms with Gasteiger partial charge in [-0.05, 0) is 49.2 Å². The molecule has 5 heteroatoms. The van der Waals surface area contributed by atoms with Gasteiger partial charge in [-0.1, -0.05) is 24.3 Å². The second-order valence-electron chi connectivity index (χ2n) is 5.95. The molecule has 0 aliphatic heterocycles. The summed E-state index contributed by atoms with van der Waals surface area (Å²) >= 11 is 0. The van der Waals surface area contributed by atoms with Crippen LogP contribution in [-0.2, 0) is 22.7 Å². The molecule has 0 heterocycles. The van der Waals surface area contributed by atoms with Gasteiger partial charge < -0.3 is 14.8 Å². The maximum atomic E-state index is 12.9. The Morgan fingerprint density at radius 3 is 2.33 bits per heavy atom. The van der Waals surface area contributed by atoms with Gasteiger partial charge in [0.2, 0.25) is 0 Å². The Bertz CT molecular complexity index is 683. The van der Waals surface area contributed by atoms with Crippen molar-refractivity contribution < 1.29 is 18.7 Å². The molecule has 0 fully saturated rings. The van der Waals surface area contributed by atoms with Gasteiger partial charge in [0, 0.05) is 13.7 Å². The predicted octanol–water partition coefficient (Wildman–Crippen LogP) is 3.45. The van der Waals surface area contributed by atoms with Crippen molar-refractivity contribution in [1.29, 1.82) is 0 Å². The van der Waals surface area contributed by atoms with Gasteiger partial charge in [0.1, 0.15) is 11.6 Å². The zero-order chi connectivity index (χ0) is 17.6. The molecule has 1 N–H and O–H groups in total. The number of nitrogens with one attached hydrogen (secondary N) is 1. The van der Waals surface area contributed by atoms with Crippen molar-refractivity contribution in [3.05, 3.63) is 65.5 Å². The van der Waals surface area contributed by atoms with Crippen LogP contribution in [0.1, 0.15) is 25.0 Å². The summed E-state index contributed by atoms with van der Waals surface area (Å²) in [5, 5.41) is 2.88. The molecule has 24 heavy (non-hydrogen) atoms. The average Bonchev–Trinajstić information content (AvgIpc) is 2.56. The van der Waals surface area contributed by atoms with E-state index in [-0.39, 0.29) is 11.7 Å². The van der Waals surface area contributed by atoms with Crippen LogP contribution in [0.4, 0.5) is 4.39 Å². The maximum Gasteiger partial charge on any atom is 0.263 e. The average molecular weight is 331 g/mol. The molecule has 2 aromatic carbocycles. The monoisotopic (exact) mass is 331 g/mol. The highest BCUT2D eigenvalue weighted by molar-refractivity contribution is 5.84. The van der Waals surface area contributed by atoms with Crippen LogP contribution < -0.4 is 10.1 Å². The second-order valence-corrected chi connectivity index (χ2v) is 5.95. The van der Waals surface area contributed by atoms with Crippen molar-refractivity contribution in [3.63, 3.8) is 0 Å². The van der Waals surface area contributed by atoms with Crippen molar-refractivity contribution in [1.82, 2.24) is 5.32 Å². The van der Waals surface area contributed by atoms with Crippen molar-refractivity contribution in [2.24, 2.45) is 0 Å². The third-order valence-corrected chi connectivity index (χ3v) is 3.59. The first-order chi connectivity index (χ1) is 11.4. The van der Waals surface area contributed by atoms with Crippen LogP contribution in [0.25, 0.3) is 0 Å². The van der Waals surface area contributed by atoms with Gasteiger partial charge in [0.25, 0.3) is 5.91 Å². The number of carbonyl (C=O) groups excluding carboxylic acids is 1. The van der Waals surface area contributed by atoms with E-state index in [1.165, 1.54) is 24.3 Å². The topological polar surface area (TPSA) is 47.6 Å². The van der Waals surface area contributed by atoms with E-state index < -0.39 is 5.60 Å². The van der Waals surface area contributed by atoms with Crippen LogP contribution in [0.15, 0.2) is 48.5 Å². The highest BCUT2D eigenvalue weighted by Crippen LogP contribution is 2.19. The first-order valence-electron chi connectivity index (χ1n) is 7.71.